The van der Waals surface area contributed by atoms with Crippen molar-refractivity contribution < 1.29 is 19.1 Å². The second-order valence-corrected chi connectivity index (χ2v) is 9.44. The predicted molar refractivity (Wildman–Crippen MR) is 136 cm³/mol. The van der Waals surface area contributed by atoms with Crippen molar-refractivity contribution in [2.75, 3.05) is 32.8 Å². The maximum atomic E-state index is 13.3. The van der Waals surface area contributed by atoms with E-state index in [2.05, 4.69) is 21.6 Å². The topological polar surface area (TPSA) is 91.0 Å². The number of fused-ring (bicyclic) bond motifs is 1. The Bertz CT molecular complexity index is 1300. The summed E-state index contributed by atoms with van der Waals surface area (Å²) in [6, 6.07) is 20.9. The van der Waals surface area contributed by atoms with Crippen molar-refractivity contribution in [1.82, 2.24) is 20.4 Å². The third-order valence-corrected chi connectivity index (χ3v) is 7.00. The number of nitrogens with one attached hydrogen (secondary N) is 2. The molecular weight excluding hydrogens is 456 g/mol. The van der Waals surface area contributed by atoms with Crippen LogP contribution in [-0.2, 0) is 33.0 Å². The molecule has 8 nitrogen and oxygen atoms in total. The van der Waals surface area contributed by atoms with Gasteiger partial charge in [0.2, 0.25) is 5.91 Å². The van der Waals surface area contributed by atoms with Crippen molar-refractivity contribution in [2.45, 2.75) is 25.6 Å². The van der Waals surface area contributed by atoms with Crippen LogP contribution in [0.3, 0.4) is 0 Å². The number of carbonyl (C=O) groups is 3. The fraction of sp³-hybridized carbons (Fsp3) is 0.321. The molecule has 1 unspecified atom stereocenters. The Hall–Kier alpha value is -3.75. The van der Waals surface area contributed by atoms with E-state index in [4.69, 9.17) is 4.74 Å². The third-order valence-electron chi connectivity index (χ3n) is 7.00. The standard InChI is InChI=1S/C28H30N4O4/c1-28(24-11-10-20-6-2-3-7-21(20)16-24)26(34)32(27(35)30-28)19-25(33)29-17-22-8-4-5-9-23(22)18-31-12-14-36-15-13-31/h2-11,16H,12-15,17-19H2,1H3,(H,29,33)(H,30,35). The quantitative estimate of drug-likeness (QED) is 0.501. The number of rotatable bonds is 7. The van der Waals surface area contributed by atoms with E-state index in [0.29, 0.717) is 12.1 Å². The third kappa shape index (κ3) is 4.82. The van der Waals surface area contributed by atoms with E-state index < -0.39 is 17.5 Å². The molecule has 0 aromatic heterocycles. The lowest BCUT2D eigenvalue weighted by molar-refractivity contribution is -0.134. The van der Waals surface area contributed by atoms with Crippen molar-refractivity contribution in [3.05, 3.63) is 83.4 Å². The van der Waals surface area contributed by atoms with Crippen molar-refractivity contribution in [3.63, 3.8) is 0 Å². The molecule has 36 heavy (non-hydrogen) atoms. The molecule has 3 aromatic carbocycles. The summed E-state index contributed by atoms with van der Waals surface area (Å²) in [4.78, 5) is 42.1. The lowest BCUT2D eigenvalue weighted by Crippen LogP contribution is -2.43. The number of hydrogen-bond acceptors (Lipinski definition) is 5. The maximum absolute atomic E-state index is 13.3. The van der Waals surface area contributed by atoms with E-state index in [1.54, 1.807) is 6.92 Å². The first-order chi connectivity index (χ1) is 17.4. The van der Waals surface area contributed by atoms with Crippen LogP contribution in [0.15, 0.2) is 66.7 Å². The van der Waals surface area contributed by atoms with Crippen LogP contribution in [0.1, 0.15) is 23.6 Å². The molecule has 1 atom stereocenters. The van der Waals surface area contributed by atoms with E-state index in [-0.39, 0.29) is 12.5 Å². The molecule has 0 saturated carbocycles. The van der Waals surface area contributed by atoms with Crippen molar-refractivity contribution >= 4 is 28.6 Å². The molecule has 2 aliphatic heterocycles. The first-order valence-corrected chi connectivity index (χ1v) is 12.2. The van der Waals surface area contributed by atoms with Gasteiger partial charge in [0, 0.05) is 26.2 Å². The first-order valence-electron chi connectivity index (χ1n) is 12.2. The molecule has 0 spiro atoms. The molecule has 2 aliphatic rings. The minimum absolute atomic E-state index is 0.324. The molecule has 4 amide bonds. The highest BCUT2D eigenvalue weighted by Crippen LogP contribution is 2.31. The summed E-state index contributed by atoms with van der Waals surface area (Å²) < 4.78 is 5.43. The largest absolute Gasteiger partial charge is 0.379 e. The average Bonchev–Trinajstić information content (AvgIpc) is 3.12. The van der Waals surface area contributed by atoms with Gasteiger partial charge in [0.1, 0.15) is 12.1 Å². The number of urea groups is 1. The van der Waals surface area contributed by atoms with E-state index in [9.17, 15) is 14.4 Å². The zero-order valence-corrected chi connectivity index (χ0v) is 20.3. The van der Waals surface area contributed by atoms with Gasteiger partial charge in [0.15, 0.2) is 0 Å². The number of morpholine rings is 1. The minimum atomic E-state index is -1.23. The summed E-state index contributed by atoms with van der Waals surface area (Å²) in [5.74, 6) is -0.826. The summed E-state index contributed by atoms with van der Waals surface area (Å²) in [5, 5.41) is 7.69. The smallest absolute Gasteiger partial charge is 0.325 e. The second kappa shape index (κ2) is 10.1. The van der Waals surface area contributed by atoms with Crippen molar-refractivity contribution in [1.29, 1.82) is 0 Å². The van der Waals surface area contributed by atoms with Gasteiger partial charge < -0.3 is 15.4 Å². The molecule has 2 heterocycles. The number of imide groups is 1. The molecule has 186 valence electrons. The Labute approximate surface area is 210 Å². The van der Waals surface area contributed by atoms with Crippen LogP contribution in [-0.4, -0.2) is 60.5 Å². The molecule has 0 aliphatic carbocycles. The summed E-state index contributed by atoms with van der Waals surface area (Å²) in [6.45, 7) is 5.66. The number of amides is 4. The van der Waals surface area contributed by atoms with Crippen LogP contribution in [0.25, 0.3) is 10.8 Å². The van der Waals surface area contributed by atoms with Crippen molar-refractivity contribution in [2.24, 2.45) is 0 Å². The first kappa shape index (κ1) is 24.0. The molecule has 2 saturated heterocycles. The number of carbonyl (C=O) groups excluding carboxylic acids is 3. The van der Waals surface area contributed by atoms with Gasteiger partial charge in [-0.15, -0.1) is 0 Å². The van der Waals surface area contributed by atoms with Crippen LogP contribution < -0.4 is 10.6 Å². The zero-order chi connectivity index (χ0) is 25.1. The highest BCUT2D eigenvalue weighted by atomic mass is 16.5. The van der Waals surface area contributed by atoms with Crippen LogP contribution in [0.4, 0.5) is 4.79 Å². The molecule has 0 radical (unpaired) electrons. The zero-order valence-electron chi connectivity index (χ0n) is 20.3. The number of benzene rings is 3. The predicted octanol–water partition coefficient (Wildman–Crippen LogP) is 2.76. The molecular formula is C28H30N4O4. The van der Waals surface area contributed by atoms with Crippen LogP contribution in [0.2, 0.25) is 0 Å². The number of ether oxygens (including phenoxy) is 1. The van der Waals surface area contributed by atoms with E-state index in [0.717, 1.165) is 59.6 Å². The number of hydrogen-bond donors (Lipinski definition) is 2. The highest BCUT2D eigenvalue weighted by Gasteiger charge is 2.49. The molecule has 0 bridgehead atoms. The van der Waals surface area contributed by atoms with E-state index in [1.807, 2.05) is 60.7 Å². The summed E-state index contributed by atoms with van der Waals surface area (Å²) in [5.41, 5.74) is 1.60. The van der Waals surface area contributed by atoms with Gasteiger partial charge in [0.05, 0.1) is 13.2 Å². The van der Waals surface area contributed by atoms with Gasteiger partial charge >= 0.3 is 6.03 Å². The van der Waals surface area contributed by atoms with Gasteiger partial charge in [-0.2, -0.15) is 0 Å². The molecule has 2 N–H and O–H groups in total. The Kier molecular flexibility index (Phi) is 6.71. The van der Waals surface area contributed by atoms with Gasteiger partial charge in [-0.25, -0.2) is 4.79 Å². The summed E-state index contributed by atoms with van der Waals surface area (Å²) in [7, 11) is 0. The van der Waals surface area contributed by atoms with Crippen LogP contribution in [0.5, 0.6) is 0 Å². The van der Waals surface area contributed by atoms with Gasteiger partial charge in [0.25, 0.3) is 5.91 Å². The maximum Gasteiger partial charge on any atom is 0.325 e. The Morgan fingerprint density at radius 1 is 0.972 bits per heavy atom. The lowest BCUT2D eigenvalue weighted by Gasteiger charge is -2.27. The van der Waals surface area contributed by atoms with Crippen LogP contribution in [0, 0.1) is 0 Å². The Balaban J connectivity index is 1.23. The Morgan fingerprint density at radius 3 is 2.44 bits per heavy atom. The van der Waals surface area contributed by atoms with E-state index in [1.165, 1.54) is 0 Å². The lowest BCUT2D eigenvalue weighted by atomic mass is 9.90. The van der Waals surface area contributed by atoms with Gasteiger partial charge in [-0.05, 0) is 40.5 Å². The van der Waals surface area contributed by atoms with Gasteiger partial charge in [-0.1, -0.05) is 60.7 Å². The Morgan fingerprint density at radius 2 is 1.67 bits per heavy atom. The van der Waals surface area contributed by atoms with Gasteiger partial charge in [-0.3, -0.25) is 19.4 Å². The molecule has 3 aromatic rings. The monoisotopic (exact) mass is 486 g/mol. The summed E-state index contributed by atoms with van der Waals surface area (Å²) >= 11 is 0. The minimum Gasteiger partial charge on any atom is -0.379 e. The molecule has 5 rings (SSSR count). The highest BCUT2D eigenvalue weighted by molar-refractivity contribution is 6.09. The SMILES string of the molecule is CC1(c2ccc3ccccc3c2)NC(=O)N(CC(=O)NCc2ccccc2CN2CCOCC2)C1=O. The molecule has 2 fully saturated rings. The fourth-order valence-electron chi connectivity index (χ4n) is 4.81. The van der Waals surface area contributed by atoms with E-state index >= 15 is 0 Å². The number of nitrogens with zero attached hydrogens (tertiary/aromatic N) is 2. The normalized spacial score (nSPS) is 20.5. The van der Waals surface area contributed by atoms with Crippen LogP contribution >= 0.6 is 0 Å². The fourth-order valence-corrected chi connectivity index (χ4v) is 4.81. The molecule has 8 heteroatoms. The van der Waals surface area contributed by atoms with Crippen molar-refractivity contribution in [3.8, 4) is 0 Å². The second-order valence-electron chi connectivity index (χ2n) is 9.44. The average molecular weight is 487 g/mol. The summed E-state index contributed by atoms with van der Waals surface area (Å²) in [6.07, 6.45) is 0.